The molecule has 3 aromatic heterocycles. The number of aryl methyl sites for hydroxylation is 2. The summed E-state index contributed by atoms with van der Waals surface area (Å²) >= 11 is 0. The Morgan fingerprint density at radius 2 is 1.25 bits per heavy atom. The summed E-state index contributed by atoms with van der Waals surface area (Å²) < 4.78 is 4.23. The van der Waals surface area contributed by atoms with E-state index in [4.69, 9.17) is 0 Å². The van der Waals surface area contributed by atoms with Crippen molar-refractivity contribution in [1.29, 1.82) is 0 Å². The maximum atomic E-state index is 13.3. The molecular weight excluding hydrogens is 687 g/mol. The van der Waals surface area contributed by atoms with E-state index >= 15 is 0 Å². The number of benzene rings is 2. The van der Waals surface area contributed by atoms with Gasteiger partial charge in [0.05, 0.1) is 50.6 Å². The number of likely N-dealkylation sites (N-methyl/N-ethyl adjacent to an activating group) is 1. The molecule has 0 saturated carbocycles. The van der Waals surface area contributed by atoms with Crippen molar-refractivity contribution in [2.24, 2.45) is 14.1 Å². The van der Waals surface area contributed by atoms with Crippen molar-refractivity contribution in [2.75, 3.05) is 44.4 Å². The van der Waals surface area contributed by atoms with Crippen LogP contribution in [0.15, 0.2) is 85.3 Å². The Hall–Kier alpha value is -5.48. The van der Waals surface area contributed by atoms with Crippen LogP contribution in [0.2, 0.25) is 0 Å². The first-order chi connectivity index (χ1) is 26.5. The molecule has 55 heavy (non-hydrogen) atoms. The lowest BCUT2D eigenvalue weighted by Crippen LogP contribution is -2.46. The first-order valence-electron chi connectivity index (χ1n) is 19.7. The second-order valence-corrected chi connectivity index (χ2v) is 15.2. The maximum absolute atomic E-state index is 13.3. The van der Waals surface area contributed by atoms with Crippen LogP contribution >= 0.6 is 0 Å². The number of anilines is 2. The van der Waals surface area contributed by atoms with Gasteiger partial charge in [0.25, 0.3) is 17.7 Å². The number of amides is 3. The zero-order valence-electron chi connectivity index (χ0n) is 33.2. The van der Waals surface area contributed by atoms with Gasteiger partial charge < -0.3 is 29.6 Å². The molecule has 3 N–H and O–H groups in total. The lowest BCUT2D eigenvalue weighted by molar-refractivity contribution is -0.889. The van der Waals surface area contributed by atoms with Gasteiger partial charge in [0.2, 0.25) is 0 Å². The van der Waals surface area contributed by atoms with Crippen LogP contribution in [0.3, 0.4) is 0 Å². The van der Waals surface area contributed by atoms with E-state index in [1.165, 1.54) is 57.8 Å². The van der Waals surface area contributed by atoms with E-state index in [-0.39, 0.29) is 17.7 Å². The molecule has 0 spiro atoms. The number of nitrogens with zero attached hydrogens (tertiary/aromatic N) is 4. The van der Waals surface area contributed by atoms with Crippen LogP contribution < -0.4 is 16.0 Å². The Bertz CT molecular complexity index is 2070. The minimum Gasteiger partial charge on any atom is -0.345 e. The van der Waals surface area contributed by atoms with Gasteiger partial charge >= 0.3 is 0 Å². The predicted molar refractivity (Wildman–Crippen MR) is 225 cm³/mol. The quantitative estimate of drug-likeness (QED) is 0.0546. The molecule has 0 fully saturated rings. The molecule has 0 radical (unpaired) electrons. The molecule has 5 rings (SSSR count). The lowest BCUT2D eigenvalue weighted by atomic mass is 10.1. The number of pyridine rings is 1. The molecule has 10 heteroatoms. The van der Waals surface area contributed by atoms with Crippen molar-refractivity contribution in [3.8, 4) is 0 Å². The predicted octanol–water partition coefficient (Wildman–Crippen LogP) is 8.92. The third-order valence-electron chi connectivity index (χ3n) is 10.1. The average molecular weight is 745 g/mol. The van der Waals surface area contributed by atoms with E-state index in [9.17, 15) is 14.4 Å². The smallest absolute Gasteiger partial charge is 0.272 e. The molecule has 10 nitrogen and oxygen atoms in total. The Morgan fingerprint density at radius 3 is 1.93 bits per heavy atom. The summed E-state index contributed by atoms with van der Waals surface area (Å²) in [5, 5.41) is 9.93. The van der Waals surface area contributed by atoms with Crippen LogP contribution in [0, 0.1) is 0 Å². The van der Waals surface area contributed by atoms with Crippen molar-refractivity contribution < 1.29 is 18.9 Å². The maximum Gasteiger partial charge on any atom is 0.272 e. The van der Waals surface area contributed by atoms with Crippen molar-refractivity contribution in [2.45, 2.75) is 64.7 Å². The fourth-order valence-corrected chi connectivity index (χ4v) is 6.76. The van der Waals surface area contributed by atoms with Crippen molar-refractivity contribution in [1.82, 2.24) is 19.4 Å². The zero-order valence-corrected chi connectivity index (χ0v) is 33.2. The Labute approximate surface area is 326 Å². The van der Waals surface area contributed by atoms with E-state index in [1.807, 2.05) is 54.7 Å². The highest BCUT2D eigenvalue weighted by atomic mass is 16.2. The van der Waals surface area contributed by atoms with Crippen LogP contribution in [0.4, 0.5) is 11.4 Å². The largest absolute Gasteiger partial charge is 0.345 e. The molecule has 2 aromatic carbocycles. The highest BCUT2D eigenvalue weighted by Gasteiger charge is 2.19. The van der Waals surface area contributed by atoms with Gasteiger partial charge in [-0.25, -0.2) is 0 Å². The highest BCUT2D eigenvalue weighted by Crippen LogP contribution is 2.20. The van der Waals surface area contributed by atoms with Crippen LogP contribution in [0.1, 0.15) is 107 Å². The number of carbonyl (C=O) groups is 3. The van der Waals surface area contributed by atoms with Crippen molar-refractivity contribution >= 4 is 52.2 Å². The summed E-state index contributed by atoms with van der Waals surface area (Å²) in [5.41, 5.74) is 5.23. The van der Waals surface area contributed by atoms with Crippen molar-refractivity contribution in [3.05, 3.63) is 113 Å². The number of aromatic nitrogens is 3. The molecule has 290 valence electrons. The normalized spacial score (nSPS) is 11.7. The van der Waals surface area contributed by atoms with Gasteiger partial charge in [0.1, 0.15) is 11.4 Å². The van der Waals surface area contributed by atoms with E-state index < -0.39 is 0 Å². The standard InChI is InChI=1S/C45H57N7O3/c1-6-7-8-9-10-11-12-13-16-26-52(4,5)27-25-46-44(54)41-29-39(33-50(41)2)49-45(55)42-30-38(32-51(42)3)48-43(53)36-23-21-34(22-24-36)19-20-35-28-37-17-14-15-18-40(37)47-31-35/h14-15,17-24,28-33H,6-13,16,25-27H2,1-5H3,(H2-,46,48,49,53,54,55)/p+1/b20-19+. The number of carbonyl (C=O) groups excluding carboxylic acids is 3. The summed E-state index contributed by atoms with van der Waals surface area (Å²) in [6.45, 7) is 4.76. The summed E-state index contributed by atoms with van der Waals surface area (Å²) in [6.07, 6.45) is 21.1. The second kappa shape index (κ2) is 19.7. The van der Waals surface area contributed by atoms with E-state index in [2.05, 4.69) is 48.0 Å². The number of rotatable bonds is 20. The number of nitrogens with one attached hydrogen (secondary N) is 3. The number of para-hydroxylation sites is 1. The lowest BCUT2D eigenvalue weighted by Gasteiger charge is -2.30. The Morgan fingerprint density at radius 1 is 0.673 bits per heavy atom. The third-order valence-corrected chi connectivity index (χ3v) is 10.1. The van der Waals surface area contributed by atoms with Gasteiger partial charge in [-0.05, 0) is 60.4 Å². The molecule has 0 aliphatic rings. The molecule has 0 bridgehead atoms. The number of hydrogen-bond donors (Lipinski definition) is 3. The number of unbranched alkanes of at least 4 members (excludes halogenated alkanes) is 8. The topological polar surface area (TPSA) is 110 Å². The van der Waals surface area contributed by atoms with Crippen LogP contribution in [-0.2, 0) is 14.1 Å². The minimum atomic E-state index is -0.353. The molecule has 0 saturated heterocycles. The van der Waals surface area contributed by atoms with E-state index in [1.54, 1.807) is 59.9 Å². The fraction of sp³-hybridized carbons (Fsp3) is 0.378. The average Bonchev–Trinajstić information content (AvgIpc) is 3.73. The number of quaternary nitrogens is 1. The van der Waals surface area contributed by atoms with E-state index in [0.717, 1.165) is 39.6 Å². The number of fused-ring (bicyclic) bond motifs is 1. The number of hydrogen-bond acceptors (Lipinski definition) is 4. The van der Waals surface area contributed by atoms with Crippen LogP contribution in [-0.4, -0.2) is 70.1 Å². The van der Waals surface area contributed by atoms with Crippen molar-refractivity contribution in [3.63, 3.8) is 0 Å². The third kappa shape index (κ3) is 12.3. The zero-order chi connectivity index (χ0) is 39.2. The molecule has 0 atom stereocenters. The molecule has 0 unspecified atom stereocenters. The van der Waals surface area contributed by atoms with Crippen LogP contribution in [0.5, 0.6) is 0 Å². The van der Waals surface area contributed by atoms with E-state index in [0.29, 0.717) is 34.9 Å². The highest BCUT2D eigenvalue weighted by molar-refractivity contribution is 6.07. The first-order valence-corrected chi connectivity index (χ1v) is 19.7. The summed E-state index contributed by atoms with van der Waals surface area (Å²) in [4.78, 5) is 43.9. The first kappa shape index (κ1) is 40.7. The summed E-state index contributed by atoms with van der Waals surface area (Å²) in [5.74, 6) is -0.814. The molecule has 5 aromatic rings. The molecular formula is C45H58N7O3+. The SMILES string of the molecule is CCCCCCCCCCC[N+](C)(C)CCNC(=O)c1cc(NC(=O)c2cc(NC(=O)c3ccc(/C=C/c4cnc5ccccc5c4)cc3)cn2C)cn1C. The second-order valence-electron chi connectivity index (χ2n) is 15.2. The molecule has 3 amide bonds. The summed E-state index contributed by atoms with van der Waals surface area (Å²) in [7, 11) is 7.97. The molecule has 0 aliphatic carbocycles. The fourth-order valence-electron chi connectivity index (χ4n) is 6.76. The van der Waals surface area contributed by atoms with Gasteiger partial charge in [-0.15, -0.1) is 0 Å². The molecule has 3 heterocycles. The Kier molecular flexibility index (Phi) is 14.6. The summed E-state index contributed by atoms with van der Waals surface area (Å²) in [6, 6.07) is 20.7. The van der Waals surface area contributed by atoms with Gasteiger partial charge in [-0.1, -0.05) is 94.4 Å². The van der Waals surface area contributed by atoms with Gasteiger partial charge in [0, 0.05) is 43.6 Å². The Balaban J connectivity index is 1.06. The van der Waals surface area contributed by atoms with Gasteiger partial charge in [0.15, 0.2) is 0 Å². The minimum absolute atomic E-state index is 0.179. The molecule has 0 aliphatic heterocycles. The van der Waals surface area contributed by atoms with Gasteiger partial charge in [-0.2, -0.15) is 0 Å². The van der Waals surface area contributed by atoms with Crippen LogP contribution in [0.25, 0.3) is 23.1 Å². The van der Waals surface area contributed by atoms with Gasteiger partial charge in [-0.3, -0.25) is 19.4 Å². The monoisotopic (exact) mass is 744 g/mol.